The summed E-state index contributed by atoms with van der Waals surface area (Å²) in [6.45, 7) is 0. The first-order valence-corrected chi connectivity index (χ1v) is 11.4. The summed E-state index contributed by atoms with van der Waals surface area (Å²) in [5.41, 5.74) is 3.10. The van der Waals surface area contributed by atoms with Crippen molar-refractivity contribution in [2.75, 3.05) is 12.9 Å². The molecule has 156 valence electrons. The predicted octanol–water partition coefficient (Wildman–Crippen LogP) is 5.51. The Labute approximate surface area is 181 Å². The van der Waals surface area contributed by atoms with Crippen molar-refractivity contribution in [2.45, 2.75) is 43.2 Å². The van der Waals surface area contributed by atoms with E-state index in [0.717, 1.165) is 27.9 Å². The number of ketones is 1. The van der Waals surface area contributed by atoms with Crippen molar-refractivity contribution >= 4 is 17.5 Å². The maximum absolute atomic E-state index is 12.7. The maximum Gasteiger partial charge on any atom is 0.191 e. The Balaban J connectivity index is 1.38. The predicted molar refractivity (Wildman–Crippen MR) is 120 cm³/mol. The molecule has 0 aliphatic heterocycles. The normalized spacial score (nSPS) is 14.6. The van der Waals surface area contributed by atoms with Crippen molar-refractivity contribution in [3.63, 3.8) is 0 Å². The van der Waals surface area contributed by atoms with E-state index in [1.165, 1.54) is 49.4 Å². The van der Waals surface area contributed by atoms with Gasteiger partial charge >= 0.3 is 0 Å². The van der Waals surface area contributed by atoms with Gasteiger partial charge < -0.3 is 9.30 Å². The van der Waals surface area contributed by atoms with Crippen LogP contribution in [0.4, 0.5) is 0 Å². The molecular formula is C24H27N3O2S. The SMILES string of the molecule is COc1ccc(-c2nnc(SCC(=O)c3ccc(C4CCCCC4)cc3)n2C)cc1. The van der Waals surface area contributed by atoms with Crippen LogP contribution in [0.2, 0.25) is 0 Å². The van der Waals surface area contributed by atoms with Gasteiger partial charge in [0, 0.05) is 18.2 Å². The zero-order valence-electron chi connectivity index (χ0n) is 17.5. The molecule has 1 saturated carbocycles. The number of benzene rings is 2. The molecule has 0 atom stereocenters. The monoisotopic (exact) mass is 421 g/mol. The molecule has 5 nitrogen and oxygen atoms in total. The lowest BCUT2D eigenvalue weighted by atomic mass is 9.84. The molecule has 1 aliphatic rings. The molecule has 1 fully saturated rings. The van der Waals surface area contributed by atoms with Crippen molar-refractivity contribution in [1.82, 2.24) is 14.8 Å². The number of ether oxygens (including phenoxy) is 1. The second-order valence-electron chi connectivity index (χ2n) is 7.76. The Bertz CT molecular complexity index is 990. The van der Waals surface area contributed by atoms with Gasteiger partial charge in [-0.25, -0.2) is 0 Å². The van der Waals surface area contributed by atoms with E-state index in [9.17, 15) is 4.79 Å². The summed E-state index contributed by atoms with van der Waals surface area (Å²) >= 11 is 1.42. The molecule has 1 aliphatic carbocycles. The highest BCUT2D eigenvalue weighted by Gasteiger charge is 2.17. The molecular weight excluding hydrogens is 394 g/mol. The molecule has 0 bridgehead atoms. The van der Waals surface area contributed by atoms with Crippen molar-refractivity contribution in [3.8, 4) is 17.1 Å². The third-order valence-corrected chi connectivity index (χ3v) is 6.84. The molecule has 1 heterocycles. The maximum atomic E-state index is 12.7. The first-order chi connectivity index (χ1) is 14.7. The van der Waals surface area contributed by atoms with Crippen LogP contribution in [0, 0.1) is 0 Å². The van der Waals surface area contributed by atoms with Crippen LogP contribution in [0.3, 0.4) is 0 Å². The van der Waals surface area contributed by atoms with Gasteiger partial charge in [0.15, 0.2) is 16.8 Å². The van der Waals surface area contributed by atoms with Crippen molar-refractivity contribution < 1.29 is 9.53 Å². The quantitative estimate of drug-likeness (QED) is 0.372. The summed E-state index contributed by atoms with van der Waals surface area (Å²) in [5, 5.41) is 9.29. The minimum Gasteiger partial charge on any atom is -0.497 e. The van der Waals surface area contributed by atoms with Crippen molar-refractivity contribution in [3.05, 3.63) is 59.7 Å². The number of thioether (sulfide) groups is 1. The molecule has 0 spiro atoms. The van der Waals surface area contributed by atoms with Crippen LogP contribution in [0.5, 0.6) is 5.75 Å². The van der Waals surface area contributed by atoms with E-state index in [2.05, 4.69) is 22.3 Å². The Morgan fingerprint density at radius 1 is 1.03 bits per heavy atom. The topological polar surface area (TPSA) is 57.0 Å². The number of nitrogens with zero attached hydrogens (tertiary/aromatic N) is 3. The molecule has 4 rings (SSSR count). The molecule has 0 amide bonds. The van der Waals surface area contributed by atoms with Gasteiger partial charge in [-0.15, -0.1) is 10.2 Å². The first kappa shape index (κ1) is 20.7. The molecule has 0 saturated heterocycles. The Morgan fingerprint density at radius 2 is 1.73 bits per heavy atom. The average molecular weight is 422 g/mol. The largest absolute Gasteiger partial charge is 0.497 e. The van der Waals surface area contributed by atoms with E-state index in [1.54, 1.807) is 7.11 Å². The summed E-state index contributed by atoms with van der Waals surface area (Å²) < 4.78 is 7.13. The molecule has 2 aromatic carbocycles. The van der Waals surface area contributed by atoms with Gasteiger partial charge in [-0.05, 0) is 48.6 Å². The number of hydrogen-bond acceptors (Lipinski definition) is 5. The van der Waals surface area contributed by atoms with E-state index in [4.69, 9.17) is 4.74 Å². The third kappa shape index (κ3) is 4.59. The van der Waals surface area contributed by atoms with Gasteiger partial charge in [0.05, 0.1) is 12.9 Å². The van der Waals surface area contributed by atoms with Crippen LogP contribution in [-0.4, -0.2) is 33.4 Å². The van der Waals surface area contributed by atoms with Crippen LogP contribution < -0.4 is 4.74 Å². The van der Waals surface area contributed by atoms with Crippen LogP contribution >= 0.6 is 11.8 Å². The second-order valence-corrected chi connectivity index (χ2v) is 8.70. The third-order valence-electron chi connectivity index (χ3n) is 5.82. The van der Waals surface area contributed by atoms with E-state index >= 15 is 0 Å². The number of Topliss-reactive ketones (excluding diaryl/α,β-unsaturated/α-hetero) is 1. The molecule has 6 heteroatoms. The fourth-order valence-corrected chi connectivity index (χ4v) is 4.83. The second kappa shape index (κ2) is 9.47. The summed E-state index contributed by atoms with van der Waals surface area (Å²) in [7, 11) is 3.57. The summed E-state index contributed by atoms with van der Waals surface area (Å²) in [6, 6.07) is 15.9. The highest BCUT2D eigenvalue weighted by Crippen LogP contribution is 2.32. The van der Waals surface area contributed by atoms with Crippen molar-refractivity contribution in [1.29, 1.82) is 0 Å². The minimum absolute atomic E-state index is 0.115. The van der Waals surface area contributed by atoms with Crippen LogP contribution in [-0.2, 0) is 7.05 Å². The number of hydrogen-bond donors (Lipinski definition) is 0. The Kier molecular flexibility index (Phi) is 6.53. The lowest BCUT2D eigenvalue weighted by Crippen LogP contribution is -2.07. The fourth-order valence-electron chi connectivity index (χ4n) is 4.02. The van der Waals surface area contributed by atoms with Gasteiger partial charge in [-0.2, -0.15) is 0 Å². The van der Waals surface area contributed by atoms with E-state index in [1.807, 2.05) is 48.0 Å². The smallest absolute Gasteiger partial charge is 0.191 e. The molecule has 0 N–H and O–H groups in total. The molecule has 30 heavy (non-hydrogen) atoms. The summed E-state index contributed by atoms with van der Waals surface area (Å²) in [6.07, 6.45) is 6.53. The number of aromatic nitrogens is 3. The lowest BCUT2D eigenvalue weighted by Gasteiger charge is -2.22. The highest BCUT2D eigenvalue weighted by molar-refractivity contribution is 7.99. The zero-order valence-corrected chi connectivity index (χ0v) is 18.3. The number of methoxy groups -OCH3 is 1. The molecule has 1 aromatic heterocycles. The fraction of sp³-hybridized carbons (Fsp3) is 0.375. The Morgan fingerprint density at radius 3 is 2.40 bits per heavy atom. The lowest BCUT2D eigenvalue weighted by molar-refractivity contribution is 0.102. The highest BCUT2D eigenvalue weighted by atomic mass is 32.2. The standard InChI is InChI=1S/C24H27N3O2S/c1-27-23(20-12-14-21(29-2)15-13-20)25-26-24(27)30-16-22(28)19-10-8-18(9-11-19)17-6-4-3-5-7-17/h8-15,17H,3-7,16H2,1-2H3. The first-order valence-electron chi connectivity index (χ1n) is 10.5. The van der Waals surface area contributed by atoms with E-state index < -0.39 is 0 Å². The van der Waals surface area contributed by atoms with Crippen molar-refractivity contribution in [2.24, 2.45) is 7.05 Å². The molecule has 3 aromatic rings. The van der Waals surface area contributed by atoms with Gasteiger partial charge in [-0.3, -0.25) is 4.79 Å². The molecule has 0 unspecified atom stereocenters. The zero-order chi connectivity index (χ0) is 20.9. The number of carbonyl (C=O) groups excluding carboxylic acids is 1. The average Bonchev–Trinajstić information content (AvgIpc) is 3.18. The van der Waals surface area contributed by atoms with Gasteiger partial charge in [0.25, 0.3) is 0 Å². The van der Waals surface area contributed by atoms with E-state index in [-0.39, 0.29) is 5.78 Å². The summed E-state index contributed by atoms with van der Waals surface area (Å²) in [5.74, 6) is 2.69. The van der Waals surface area contributed by atoms with Gasteiger partial charge in [0.1, 0.15) is 5.75 Å². The minimum atomic E-state index is 0.115. The number of carbonyl (C=O) groups is 1. The number of rotatable bonds is 7. The van der Waals surface area contributed by atoms with Crippen LogP contribution in [0.15, 0.2) is 53.7 Å². The Hall–Kier alpha value is -2.60. The van der Waals surface area contributed by atoms with Crippen LogP contribution in [0.25, 0.3) is 11.4 Å². The van der Waals surface area contributed by atoms with E-state index in [0.29, 0.717) is 11.7 Å². The van der Waals surface area contributed by atoms with Gasteiger partial charge in [-0.1, -0.05) is 55.3 Å². The summed E-state index contributed by atoms with van der Waals surface area (Å²) in [4.78, 5) is 12.7. The van der Waals surface area contributed by atoms with Crippen LogP contribution in [0.1, 0.15) is 53.9 Å². The molecule has 0 radical (unpaired) electrons. The van der Waals surface area contributed by atoms with Gasteiger partial charge in [0.2, 0.25) is 0 Å².